The van der Waals surface area contributed by atoms with E-state index in [0.717, 1.165) is 28.1 Å². The Morgan fingerprint density at radius 3 is 2.77 bits per heavy atom. The highest BCUT2D eigenvalue weighted by molar-refractivity contribution is 5.99. The summed E-state index contributed by atoms with van der Waals surface area (Å²) in [5, 5.41) is 2.88. The minimum absolute atomic E-state index is 0.0484. The average Bonchev–Trinajstić information content (AvgIpc) is 2.94. The fraction of sp³-hybridized carbons (Fsp3) is 0.350. The van der Waals surface area contributed by atoms with E-state index >= 15 is 0 Å². The van der Waals surface area contributed by atoms with Crippen LogP contribution in [0.2, 0.25) is 0 Å². The number of hydrogen-bond acceptors (Lipinski definition) is 4. The number of pyridine rings is 1. The van der Waals surface area contributed by atoms with Gasteiger partial charge in [-0.05, 0) is 25.5 Å². The number of ether oxygens (including phenoxy) is 1. The van der Waals surface area contributed by atoms with E-state index < -0.39 is 0 Å². The lowest BCUT2D eigenvalue weighted by atomic mass is 10.0. The Morgan fingerprint density at radius 2 is 2.04 bits per heavy atom. The number of benzene rings is 1. The number of aromatic nitrogens is 1. The molecule has 6 nitrogen and oxygen atoms in total. The van der Waals surface area contributed by atoms with Gasteiger partial charge in [-0.1, -0.05) is 18.2 Å². The molecule has 0 fully saturated rings. The normalized spacial score (nSPS) is 15.4. The molecule has 2 heterocycles. The maximum atomic E-state index is 12.7. The predicted octanol–water partition coefficient (Wildman–Crippen LogP) is 2.54. The van der Waals surface area contributed by atoms with Crippen LogP contribution in [0, 0.1) is 13.8 Å². The minimum atomic E-state index is -0.282. The second-order valence-corrected chi connectivity index (χ2v) is 6.61. The molecule has 0 spiro atoms. The third-order valence-electron chi connectivity index (χ3n) is 4.83. The largest absolute Gasteiger partial charge is 0.496 e. The van der Waals surface area contributed by atoms with Crippen LogP contribution in [0.25, 0.3) is 0 Å². The molecule has 3 rings (SSSR count). The van der Waals surface area contributed by atoms with Crippen LogP contribution < -0.4 is 10.1 Å². The molecule has 1 N–H and O–H groups in total. The summed E-state index contributed by atoms with van der Waals surface area (Å²) in [5.41, 5.74) is 4.23. The zero-order chi connectivity index (χ0) is 18.8. The zero-order valence-corrected chi connectivity index (χ0v) is 15.5. The highest BCUT2D eigenvalue weighted by Gasteiger charge is 2.30. The molecule has 1 aromatic carbocycles. The van der Waals surface area contributed by atoms with Crippen LogP contribution in [0.5, 0.6) is 5.75 Å². The third kappa shape index (κ3) is 3.27. The number of fused-ring (bicyclic) bond motifs is 1. The second kappa shape index (κ2) is 7.15. The Balaban J connectivity index is 1.71. The summed E-state index contributed by atoms with van der Waals surface area (Å²) < 4.78 is 5.43. The molecule has 1 unspecified atom stereocenters. The van der Waals surface area contributed by atoms with E-state index in [0.29, 0.717) is 12.1 Å². The summed E-state index contributed by atoms with van der Waals surface area (Å²) in [6.45, 7) is 4.28. The predicted molar refractivity (Wildman–Crippen MR) is 98.0 cm³/mol. The fourth-order valence-electron chi connectivity index (χ4n) is 3.36. The van der Waals surface area contributed by atoms with Crippen LogP contribution in [0.4, 0.5) is 0 Å². The van der Waals surface area contributed by atoms with Crippen molar-refractivity contribution >= 4 is 11.8 Å². The van der Waals surface area contributed by atoms with Gasteiger partial charge in [-0.15, -0.1) is 0 Å². The van der Waals surface area contributed by atoms with Gasteiger partial charge in [-0.25, -0.2) is 0 Å². The smallest absolute Gasteiger partial charge is 0.252 e. The molecule has 1 aliphatic heterocycles. The lowest BCUT2D eigenvalue weighted by Crippen LogP contribution is -2.31. The molecular weight excluding hydrogens is 330 g/mol. The summed E-state index contributed by atoms with van der Waals surface area (Å²) >= 11 is 0. The van der Waals surface area contributed by atoms with E-state index in [-0.39, 0.29) is 24.3 Å². The third-order valence-corrected chi connectivity index (χ3v) is 4.83. The average molecular weight is 353 g/mol. The summed E-state index contributed by atoms with van der Waals surface area (Å²) in [5.74, 6) is 0.627. The summed E-state index contributed by atoms with van der Waals surface area (Å²) in [7, 11) is 3.38. The highest BCUT2D eigenvalue weighted by atomic mass is 16.5. The van der Waals surface area contributed by atoms with Gasteiger partial charge in [0.05, 0.1) is 31.8 Å². The van der Waals surface area contributed by atoms with Gasteiger partial charge >= 0.3 is 0 Å². The Kier molecular flexibility index (Phi) is 4.93. The van der Waals surface area contributed by atoms with E-state index in [1.54, 1.807) is 31.3 Å². The highest BCUT2D eigenvalue weighted by Crippen LogP contribution is 2.28. The molecule has 0 aliphatic carbocycles. The van der Waals surface area contributed by atoms with Gasteiger partial charge in [0.2, 0.25) is 5.91 Å². The zero-order valence-electron chi connectivity index (χ0n) is 15.5. The van der Waals surface area contributed by atoms with Crippen LogP contribution in [0.1, 0.15) is 45.2 Å². The summed E-state index contributed by atoms with van der Waals surface area (Å²) in [6, 6.07) is 7.10. The SMILES string of the molecule is COc1c(C)cnc(CN(C)C(=O)CC2NC(=O)c3ccccc32)c1C. The van der Waals surface area contributed by atoms with E-state index in [1.165, 1.54) is 0 Å². The molecular formula is C20H23N3O3. The van der Waals surface area contributed by atoms with Crippen LogP contribution in [-0.4, -0.2) is 35.9 Å². The van der Waals surface area contributed by atoms with Gasteiger partial charge in [0, 0.05) is 29.9 Å². The molecule has 1 atom stereocenters. The Hall–Kier alpha value is -2.89. The van der Waals surface area contributed by atoms with Crippen molar-refractivity contribution in [1.29, 1.82) is 0 Å². The first-order chi connectivity index (χ1) is 12.4. The van der Waals surface area contributed by atoms with Crippen LogP contribution in [0.15, 0.2) is 30.5 Å². The van der Waals surface area contributed by atoms with Gasteiger partial charge in [-0.2, -0.15) is 0 Å². The fourth-order valence-corrected chi connectivity index (χ4v) is 3.36. The molecule has 2 amide bonds. The number of carbonyl (C=O) groups is 2. The maximum absolute atomic E-state index is 12.7. The monoisotopic (exact) mass is 353 g/mol. The van der Waals surface area contributed by atoms with Gasteiger partial charge < -0.3 is 15.0 Å². The lowest BCUT2D eigenvalue weighted by Gasteiger charge is -2.21. The van der Waals surface area contributed by atoms with Crippen molar-refractivity contribution in [3.63, 3.8) is 0 Å². The lowest BCUT2D eigenvalue weighted by molar-refractivity contribution is -0.131. The number of nitrogens with one attached hydrogen (secondary N) is 1. The van der Waals surface area contributed by atoms with Gasteiger partial charge in [-0.3, -0.25) is 14.6 Å². The number of nitrogens with zero attached hydrogens (tertiary/aromatic N) is 2. The van der Waals surface area contributed by atoms with Gasteiger partial charge in [0.15, 0.2) is 0 Å². The van der Waals surface area contributed by atoms with Crippen molar-refractivity contribution in [2.24, 2.45) is 0 Å². The number of methoxy groups -OCH3 is 1. The molecule has 0 bridgehead atoms. The van der Waals surface area contributed by atoms with Crippen molar-refractivity contribution < 1.29 is 14.3 Å². The maximum Gasteiger partial charge on any atom is 0.252 e. The minimum Gasteiger partial charge on any atom is -0.496 e. The summed E-state index contributed by atoms with van der Waals surface area (Å²) in [4.78, 5) is 30.8. The quantitative estimate of drug-likeness (QED) is 0.897. The number of aryl methyl sites for hydroxylation is 1. The first-order valence-electron chi connectivity index (χ1n) is 8.55. The molecule has 136 valence electrons. The van der Waals surface area contributed by atoms with E-state index in [9.17, 15) is 9.59 Å². The van der Waals surface area contributed by atoms with Crippen molar-refractivity contribution in [2.45, 2.75) is 32.9 Å². The second-order valence-electron chi connectivity index (χ2n) is 6.61. The molecule has 26 heavy (non-hydrogen) atoms. The van der Waals surface area contributed by atoms with Gasteiger partial charge in [0.1, 0.15) is 5.75 Å². The number of carbonyl (C=O) groups excluding carboxylic acids is 2. The Labute approximate surface area is 153 Å². The molecule has 6 heteroatoms. The molecule has 0 radical (unpaired) electrons. The van der Waals surface area contributed by atoms with E-state index in [4.69, 9.17) is 4.74 Å². The van der Waals surface area contributed by atoms with Crippen LogP contribution in [0.3, 0.4) is 0 Å². The Morgan fingerprint density at radius 1 is 1.31 bits per heavy atom. The molecule has 1 aliphatic rings. The number of amides is 2. The van der Waals surface area contributed by atoms with Crippen molar-refractivity contribution in [3.05, 3.63) is 58.4 Å². The number of hydrogen-bond donors (Lipinski definition) is 1. The molecule has 2 aromatic rings. The van der Waals surface area contributed by atoms with Crippen molar-refractivity contribution in [3.8, 4) is 5.75 Å². The standard InChI is InChI=1S/C20H23N3O3/c1-12-10-21-17(13(2)19(12)26-4)11-23(3)18(24)9-16-14-7-5-6-8-15(14)20(25)22-16/h5-8,10,16H,9,11H2,1-4H3,(H,22,25). The van der Waals surface area contributed by atoms with Gasteiger partial charge in [0.25, 0.3) is 5.91 Å². The van der Waals surface area contributed by atoms with Crippen molar-refractivity contribution in [1.82, 2.24) is 15.2 Å². The first-order valence-corrected chi connectivity index (χ1v) is 8.55. The van der Waals surface area contributed by atoms with E-state index in [2.05, 4.69) is 10.3 Å². The Bertz CT molecular complexity index is 863. The van der Waals surface area contributed by atoms with E-state index in [1.807, 2.05) is 32.0 Å². The van der Waals surface area contributed by atoms with Crippen LogP contribution >= 0.6 is 0 Å². The number of rotatable bonds is 5. The molecule has 0 saturated carbocycles. The topological polar surface area (TPSA) is 71.5 Å². The molecule has 1 aromatic heterocycles. The first kappa shape index (κ1) is 17.9. The van der Waals surface area contributed by atoms with Crippen molar-refractivity contribution in [2.75, 3.05) is 14.2 Å². The molecule has 0 saturated heterocycles. The van der Waals surface area contributed by atoms with Crippen LogP contribution in [-0.2, 0) is 11.3 Å². The summed E-state index contributed by atoms with van der Waals surface area (Å²) in [6.07, 6.45) is 1.98.